The van der Waals surface area contributed by atoms with E-state index in [2.05, 4.69) is 5.32 Å². The van der Waals surface area contributed by atoms with E-state index in [-0.39, 0.29) is 48.9 Å². The second kappa shape index (κ2) is 6.17. The van der Waals surface area contributed by atoms with E-state index < -0.39 is 9.84 Å². The molecule has 104 valence electrons. The van der Waals surface area contributed by atoms with Crippen molar-refractivity contribution < 1.29 is 18.0 Å². The van der Waals surface area contributed by atoms with Gasteiger partial charge in [0, 0.05) is 24.8 Å². The molecule has 2 amide bonds. The molecule has 0 bridgehead atoms. The van der Waals surface area contributed by atoms with Gasteiger partial charge in [-0.05, 0) is 13.3 Å². The number of amides is 2. The summed E-state index contributed by atoms with van der Waals surface area (Å²) in [5.74, 6) is -0.291. The molecule has 1 unspecified atom stereocenters. The molecule has 1 N–H and O–H groups in total. The van der Waals surface area contributed by atoms with Gasteiger partial charge in [-0.3, -0.25) is 9.59 Å². The minimum atomic E-state index is -3.10. The van der Waals surface area contributed by atoms with Gasteiger partial charge in [-0.25, -0.2) is 8.42 Å². The van der Waals surface area contributed by atoms with E-state index in [4.69, 9.17) is 0 Å². The van der Waals surface area contributed by atoms with Crippen molar-refractivity contribution in [2.75, 3.05) is 24.6 Å². The molecule has 1 aliphatic heterocycles. The molecule has 0 aromatic rings. The summed E-state index contributed by atoms with van der Waals surface area (Å²) in [6.07, 6.45) is 0.797. The second-order valence-electron chi connectivity index (χ2n) is 4.57. The van der Waals surface area contributed by atoms with Crippen LogP contribution < -0.4 is 5.32 Å². The van der Waals surface area contributed by atoms with Gasteiger partial charge in [0.25, 0.3) is 0 Å². The first kappa shape index (κ1) is 14.9. The number of carbonyl (C=O) groups excluding carboxylic acids is 2. The van der Waals surface area contributed by atoms with Crippen molar-refractivity contribution in [1.82, 2.24) is 10.2 Å². The Balaban J connectivity index is 2.64. The van der Waals surface area contributed by atoms with Gasteiger partial charge in [-0.1, -0.05) is 6.92 Å². The van der Waals surface area contributed by atoms with Crippen molar-refractivity contribution in [3.05, 3.63) is 0 Å². The first-order chi connectivity index (χ1) is 8.35. The molecule has 1 rings (SSSR count). The molecule has 0 aromatic carbocycles. The highest BCUT2D eigenvalue weighted by Crippen LogP contribution is 2.08. The normalized spacial score (nSPS) is 21.7. The van der Waals surface area contributed by atoms with Crippen molar-refractivity contribution in [1.29, 1.82) is 0 Å². The van der Waals surface area contributed by atoms with Gasteiger partial charge in [-0.2, -0.15) is 0 Å². The first-order valence-electron chi connectivity index (χ1n) is 6.12. The van der Waals surface area contributed by atoms with Gasteiger partial charge in [0.1, 0.15) is 0 Å². The molecule has 6 nitrogen and oxygen atoms in total. The lowest BCUT2D eigenvalue weighted by molar-refractivity contribution is -0.131. The lowest BCUT2D eigenvalue weighted by Gasteiger charge is -2.26. The van der Waals surface area contributed by atoms with Gasteiger partial charge in [0.2, 0.25) is 11.8 Å². The number of hydrogen-bond acceptors (Lipinski definition) is 4. The number of rotatable bonds is 5. The molecule has 1 atom stereocenters. The molecule has 0 spiro atoms. The molecular formula is C11H20N2O4S. The Morgan fingerprint density at radius 1 is 1.33 bits per heavy atom. The third-order valence-electron chi connectivity index (χ3n) is 2.93. The molecule has 1 saturated heterocycles. The Bertz CT molecular complexity index is 419. The van der Waals surface area contributed by atoms with Gasteiger partial charge in [0.05, 0.1) is 12.3 Å². The van der Waals surface area contributed by atoms with Crippen molar-refractivity contribution >= 4 is 21.7 Å². The van der Waals surface area contributed by atoms with Crippen LogP contribution in [0, 0.1) is 0 Å². The fraction of sp³-hybridized carbons (Fsp3) is 0.818. The summed E-state index contributed by atoms with van der Waals surface area (Å²) in [4.78, 5) is 24.5. The summed E-state index contributed by atoms with van der Waals surface area (Å²) in [6, 6.07) is -0.253. The number of carbonyl (C=O) groups is 2. The van der Waals surface area contributed by atoms with Gasteiger partial charge >= 0.3 is 0 Å². The first-order valence-corrected chi connectivity index (χ1v) is 7.94. The second-order valence-corrected chi connectivity index (χ2v) is 6.87. The van der Waals surface area contributed by atoms with Crippen LogP contribution in [-0.4, -0.2) is 55.8 Å². The number of nitrogens with zero attached hydrogens (tertiary/aromatic N) is 1. The zero-order chi connectivity index (χ0) is 13.8. The van der Waals surface area contributed by atoms with E-state index in [1.54, 1.807) is 13.8 Å². The zero-order valence-corrected chi connectivity index (χ0v) is 11.6. The largest absolute Gasteiger partial charge is 0.347 e. The smallest absolute Gasteiger partial charge is 0.242 e. The minimum Gasteiger partial charge on any atom is -0.347 e. The predicted octanol–water partition coefficient (Wildman–Crippen LogP) is -0.452. The van der Waals surface area contributed by atoms with E-state index >= 15 is 0 Å². The highest BCUT2D eigenvalue weighted by Gasteiger charge is 2.27. The third-order valence-corrected chi connectivity index (χ3v) is 4.76. The van der Waals surface area contributed by atoms with E-state index in [1.165, 1.54) is 4.90 Å². The van der Waals surface area contributed by atoms with E-state index in [0.29, 0.717) is 6.42 Å². The average molecular weight is 276 g/mol. The molecule has 0 radical (unpaired) electrons. The van der Waals surface area contributed by atoms with Crippen molar-refractivity contribution in [2.45, 2.75) is 32.7 Å². The van der Waals surface area contributed by atoms with Crippen LogP contribution in [0.15, 0.2) is 0 Å². The quantitative estimate of drug-likeness (QED) is 0.737. The summed E-state index contributed by atoms with van der Waals surface area (Å²) in [5, 5.41) is 2.50. The molecule has 0 saturated carbocycles. The standard InChI is InChI=1S/C11H20N2O4S/c1-3-5-18(16,17)6-4-13-9(2)7-10(14)12-8-11(13)15/h9H,3-8H2,1-2H3,(H,12,14). The molecular weight excluding hydrogens is 256 g/mol. The van der Waals surface area contributed by atoms with Gasteiger partial charge < -0.3 is 10.2 Å². The Morgan fingerprint density at radius 3 is 2.61 bits per heavy atom. The molecule has 18 heavy (non-hydrogen) atoms. The molecule has 0 aromatic heterocycles. The maximum atomic E-state index is 11.8. The van der Waals surface area contributed by atoms with Gasteiger partial charge in [0.15, 0.2) is 9.84 Å². The number of nitrogens with one attached hydrogen (secondary N) is 1. The van der Waals surface area contributed by atoms with E-state index in [0.717, 1.165) is 0 Å². The summed E-state index contributed by atoms with van der Waals surface area (Å²) >= 11 is 0. The minimum absolute atomic E-state index is 0.0366. The highest BCUT2D eigenvalue weighted by atomic mass is 32.2. The maximum absolute atomic E-state index is 11.8. The van der Waals surface area contributed by atoms with E-state index in [9.17, 15) is 18.0 Å². The zero-order valence-electron chi connectivity index (χ0n) is 10.8. The Hall–Kier alpha value is -1.11. The summed E-state index contributed by atoms with van der Waals surface area (Å²) in [6.45, 7) is 3.68. The highest BCUT2D eigenvalue weighted by molar-refractivity contribution is 7.91. The molecule has 7 heteroatoms. The van der Waals surface area contributed by atoms with Crippen LogP contribution >= 0.6 is 0 Å². The molecule has 0 aliphatic carbocycles. The van der Waals surface area contributed by atoms with Crippen LogP contribution in [-0.2, 0) is 19.4 Å². The predicted molar refractivity (Wildman–Crippen MR) is 67.7 cm³/mol. The van der Waals surface area contributed by atoms with Crippen LogP contribution in [0.4, 0.5) is 0 Å². The molecule has 1 fully saturated rings. The monoisotopic (exact) mass is 276 g/mol. The van der Waals surface area contributed by atoms with Gasteiger partial charge in [-0.15, -0.1) is 0 Å². The van der Waals surface area contributed by atoms with Crippen LogP contribution in [0.2, 0.25) is 0 Å². The van der Waals surface area contributed by atoms with Crippen LogP contribution in [0.25, 0.3) is 0 Å². The van der Waals surface area contributed by atoms with E-state index in [1.807, 2.05) is 0 Å². The van der Waals surface area contributed by atoms with Crippen molar-refractivity contribution in [2.24, 2.45) is 0 Å². The van der Waals surface area contributed by atoms with Crippen LogP contribution in [0.5, 0.6) is 0 Å². The number of sulfone groups is 1. The molecule has 1 heterocycles. The fourth-order valence-corrected chi connectivity index (χ4v) is 3.27. The fourth-order valence-electron chi connectivity index (χ4n) is 1.97. The van der Waals surface area contributed by atoms with Crippen LogP contribution in [0.1, 0.15) is 26.7 Å². The Morgan fingerprint density at radius 2 is 2.00 bits per heavy atom. The summed E-state index contributed by atoms with van der Waals surface area (Å²) in [7, 11) is -3.10. The Kier molecular flexibility index (Phi) is 5.13. The third kappa shape index (κ3) is 4.29. The maximum Gasteiger partial charge on any atom is 0.242 e. The molecule has 1 aliphatic rings. The Labute approximate surface area is 108 Å². The number of hydrogen-bond donors (Lipinski definition) is 1. The van der Waals surface area contributed by atoms with Crippen molar-refractivity contribution in [3.8, 4) is 0 Å². The summed E-state index contributed by atoms with van der Waals surface area (Å²) in [5.41, 5.74) is 0. The SMILES string of the molecule is CCCS(=O)(=O)CCN1C(=O)CNC(=O)CC1C. The lowest BCUT2D eigenvalue weighted by Crippen LogP contribution is -2.42. The topological polar surface area (TPSA) is 83.6 Å². The van der Waals surface area contributed by atoms with Crippen molar-refractivity contribution in [3.63, 3.8) is 0 Å². The van der Waals surface area contributed by atoms with Crippen LogP contribution in [0.3, 0.4) is 0 Å². The average Bonchev–Trinajstić information content (AvgIpc) is 2.36. The lowest BCUT2D eigenvalue weighted by atomic mass is 10.2. The summed E-state index contributed by atoms with van der Waals surface area (Å²) < 4.78 is 23.2.